The molecule has 0 aromatic heterocycles. The van der Waals surface area contributed by atoms with Crippen molar-refractivity contribution in [2.75, 3.05) is 18.1 Å². The first-order valence-corrected chi connectivity index (χ1v) is 7.20. The number of benzene rings is 2. The fourth-order valence-electron chi connectivity index (χ4n) is 1.54. The van der Waals surface area contributed by atoms with Gasteiger partial charge in [-0.05, 0) is 42.5 Å². The first-order chi connectivity index (χ1) is 9.56. The molecule has 0 amide bonds. The van der Waals surface area contributed by atoms with Crippen LogP contribution in [0, 0.1) is 11.6 Å². The highest BCUT2D eigenvalue weighted by atomic mass is 32.2. The molecule has 0 aliphatic heterocycles. The van der Waals surface area contributed by atoms with Crippen molar-refractivity contribution in [3.05, 3.63) is 54.1 Å². The van der Waals surface area contributed by atoms with Crippen LogP contribution in [-0.4, -0.2) is 16.6 Å². The highest BCUT2D eigenvalue weighted by Gasteiger charge is 2.08. The summed E-state index contributed by atoms with van der Waals surface area (Å²) in [4.78, 5) is 0.241. The topological polar surface area (TPSA) is 52.3 Å². The van der Waals surface area contributed by atoms with Gasteiger partial charge in [-0.3, -0.25) is 4.21 Å². The van der Waals surface area contributed by atoms with Crippen molar-refractivity contribution >= 4 is 16.5 Å². The van der Waals surface area contributed by atoms with Gasteiger partial charge in [-0.2, -0.15) is 0 Å². The van der Waals surface area contributed by atoms with Crippen LogP contribution < -0.4 is 10.5 Å². The summed E-state index contributed by atoms with van der Waals surface area (Å²) in [7, 11) is -1.44. The van der Waals surface area contributed by atoms with E-state index in [-0.39, 0.29) is 17.3 Å². The van der Waals surface area contributed by atoms with Gasteiger partial charge in [-0.1, -0.05) is 0 Å². The predicted molar refractivity (Wildman–Crippen MR) is 74.0 cm³/mol. The molecular weight excluding hydrogens is 284 g/mol. The van der Waals surface area contributed by atoms with E-state index in [0.29, 0.717) is 11.4 Å². The van der Waals surface area contributed by atoms with Crippen molar-refractivity contribution < 1.29 is 17.7 Å². The Morgan fingerprint density at radius 1 is 1.05 bits per heavy atom. The quantitative estimate of drug-likeness (QED) is 0.863. The van der Waals surface area contributed by atoms with Crippen molar-refractivity contribution in [1.82, 2.24) is 0 Å². The van der Waals surface area contributed by atoms with Gasteiger partial charge < -0.3 is 10.5 Å². The lowest BCUT2D eigenvalue weighted by atomic mass is 10.3. The first-order valence-electron chi connectivity index (χ1n) is 5.88. The number of nitrogen functional groups attached to an aromatic ring is 1. The Kier molecular flexibility index (Phi) is 4.68. The van der Waals surface area contributed by atoms with Crippen LogP contribution in [0.5, 0.6) is 5.75 Å². The molecule has 20 heavy (non-hydrogen) atoms. The maximum atomic E-state index is 13.0. The summed E-state index contributed by atoms with van der Waals surface area (Å²) in [5.74, 6) is -1.16. The summed E-state index contributed by atoms with van der Waals surface area (Å²) < 4.78 is 43.0. The molecule has 1 atom stereocenters. The number of hydrogen-bond acceptors (Lipinski definition) is 3. The molecule has 0 heterocycles. The van der Waals surface area contributed by atoms with Crippen LogP contribution in [0.25, 0.3) is 0 Å². The molecule has 0 radical (unpaired) electrons. The summed E-state index contributed by atoms with van der Waals surface area (Å²) in [6, 6.07) is 10.0. The van der Waals surface area contributed by atoms with Crippen LogP contribution in [0.15, 0.2) is 47.4 Å². The maximum absolute atomic E-state index is 13.0. The lowest BCUT2D eigenvalue weighted by molar-refractivity contribution is 0.342. The van der Waals surface area contributed by atoms with Crippen LogP contribution in [0.4, 0.5) is 14.5 Å². The van der Waals surface area contributed by atoms with E-state index in [4.69, 9.17) is 10.5 Å². The van der Waals surface area contributed by atoms with E-state index in [1.54, 1.807) is 24.3 Å². The normalized spacial score (nSPS) is 12.1. The fourth-order valence-corrected chi connectivity index (χ4v) is 2.46. The van der Waals surface area contributed by atoms with Gasteiger partial charge in [-0.15, -0.1) is 0 Å². The van der Waals surface area contributed by atoms with E-state index in [9.17, 15) is 13.0 Å². The third-order valence-corrected chi connectivity index (χ3v) is 3.89. The van der Waals surface area contributed by atoms with E-state index >= 15 is 0 Å². The van der Waals surface area contributed by atoms with Gasteiger partial charge in [0, 0.05) is 10.6 Å². The molecule has 2 aromatic rings. The van der Waals surface area contributed by atoms with Gasteiger partial charge in [0.15, 0.2) is 11.6 Å². The second-order valence-electron chi connectivity index (χ2n) is 4.04. The molecule has 2 rings (SSSR count). The van der Waals surface area contributed by atoms with Gasteiger partial charge >= 0.3 is 0 Å². The Morgan fingerprint density at radius 3 is 2.40 bits per heavy atom. The molecule has 2 aromatic carbocycles. The molecule has 106 valence electrons. The van der Waals surface area contributed by atoms with Crippen molar-refractivity contribution in [2.45, 2.75) is 4.90 Å². The minimum Gasteiger partial charge on any atom is -0.493 e. The Hall–Kier alpha value is -1.95. The number of hydrogen-bond donors (Lipinski definition) is 1. The zero-order valence-corrected chi connectivity index (χ0v) is 11.3. The van der Waals surface area contributed by atoms with Crippen LogP contribution >= 0.6 is 0 Å². The molecule has 0 bridgehead atoms. The summed E-state index contributed by atoms with van der Waals surface area (Å²) in [5.41, 5.74) is 6.16. The molecule has 0 fully saturated rings. The second-order valence-corrected chi connectivity index (χ2v) is 5.61. The van der Waals surface area contributed by atoms with E-state index in [2.05, 4.69) is 0 Å². The highest BCUT2D eigenvalue weighted by molar-refractivity contribution is 7.85. The molecule has 0 aliphatic carbocycles. The Morgan fingerprint density at radius 2 is 1.75 bits per heavy atom. The smallest absolute Gasteiger partial charge is 0.160 e. The first kappa shape index (κ1) is 14.5. The molecule has 2 N–H and O–H groups in total. The second kappa shape index (κ2) is 6.47. The summed E-state index contributed by atoms with van der Waals surface area (Å²) in [6.45, 7) is 0.204. The van der Waals surface area contributed by atoms with E-state index in [1.165, 1.54) is 6.07 Å². The minimum atomic E-state index is -1.44. The zero-order valence-electron chi connectivity index (χ0n) is 10.5. The lowest BCUT2D eigenvalue weighted by Gasteiger charge is -2.06. The monoisotopic (exact) mass is 297 g/mol. The van der Waals surface area contributed by atoms with Crippen molar-refractivity contribution in [3.63, 3.8) is 0 Å². The number of nitrogens with two attached hydrogens (primary N) is 1. The fraction of sp³-hybridized carbons (Fsp3) is 0.143. The largest absolute Gasteiger partial charge is 0.493 e. The minimum absolute atomic E-state index is 0.190. The molecule has 6 heteroatoms. The highest BCUT2D eigenvalue weighted by Crippen LogP contribution is 2.15. The molecule has 0 aliphatic rings. The standard InChI is InChI=1S/C14H13F2NO2S/c15-13-6-5-12(9-14(13)16)20(18)8-7-19-11-3-1-10(17)2-4-11/h1-6,9H,7-8,17H2. The third-order valence-electron chi connectivity index (χ3n) is 2.57. The number of halogens is 2. The van der Waals surface area contributed by atoms with E-state index in [1.807, 2.05) is 0 Å². The summed E-state index contributed by atoms with van der Waals surface area (Å²) in [5, 5.41) is 0. The molecule has 0 saturated carbocycles. The van der Waals surface area contributed by atoms with Gasteiger partial charge in [0.25, 0.3) is 0 Å². The third kappa shape index (κ3) is 3.77. The zero-order chi connectivity index (χ0) is 14.5. The SMILES string of the molecule is Nc1ccc(OCCS(=O)c2ccc(F)c(F)c2)cc1. The lowest BCUT2D eigenvalue weighted by Crippen LogP contribution is -2.09. The van der Waals surface area contributed by atoms with Crippen molar-refractivity contribution in [2.24, 2.45) is 0 Å². The number of anilines is 1. The summed E-state index contributed by atoms with van der Waals surface area (Å²) in [6.07, 6.45) is 0. The predicted octanol–water partition coefficient (Wildman–Crippen LogP) is 2.73. The Labute approximate surface area is 117 Å². The van der Waals surface area contributed by atoms with E-state index in [0.717, 1.165) is 12.1 Å². The maximum Gasteiger partial charge on any atom is 0.160 e. The van der Waals surface area contributed by atoms with Crippen LogP contribution in [0.1, 0.15) is 0 Å². The van der Waals surface area contributed by atoms with Crippen LogP contribution in [-0.2, 0) is 10.8 Å². The molecule has 1 unspecified atom stereocenters. The van der Waals surface area contributed by atoms with Crippen molar-refractivity contribution in [1.29, 1.82) is 0 Å². The molecular formula is C14H13F2NO2S. The van der Waals surface area contributed by atoms with Crippen LogP contribution in [0.3, 0.4) is 0 Å². The molecule has 0 saturated heterocycles. The number of rotatable bonds is 5. The Balaban J connectivity index is 1.88. The van der Waals surface area contributed by atoms with Gasteiger partial charge in [0.1, 0.15) is 12.4 Å². The molecule has 0 spiro atoms. The van der Waals surface area contributed by atoms with Crippen LogP contribution in [0.2, 0.25) is 0 Å². The van der Waals surface area contributed by atoms with Gasteiger partial charge in [-0.25, -0.2) is 8.78 Å². The average Bonchev–Trinajstić information content (AvgIpc) is 2.44. The van der Waals surface area contributed by atoms with Gasteiger partial charge in [0.05, 0.1) is 16.6 Å². The summed E-state index contributed by atoms with van der Waals surface area (Å²) >= 11 is 0. The Bertz CT molecular complexity index is 617. The van der Waals surface area contributed by atoms with Crippen molar-refractivity contribution in [3.8, 4) is 5.75 Å². The average molecular weight is 297 g/mol. The van der Waals surface area contributed by atoms with Gasteiger partial charge in [0.2, 0.25) is 0 Å². The number of ether oxygens (including phenoxy) is 1. The molecule has 3 nitrogen and oxygen atoms in total. The van der Waals surface area contributed by atoms with E-state index < -0.39 is 22.4 Å².